The molecule has 0 aromatic rings. The van der Waals surface area contributed by atoms with Crippen LogP contribution in [0.5, 0.6) is 0 Å². The molecule has 0 aliphatic heterocycles. The van der Waals surface area contributed by atoms with Crippen molar-refractivity contribution in [1.82, 2.24) is 0 Å². The lowest BCUT2D eigenvalue weighted by Crippen LogP contribution is -2.61. The van der Waals surface area contributed by atoms with Crippen LogP contribution in [0.2, 0.25) is 0 Å². The number of carbonyl (C=O) groups excluding carboxylic acids is 2. The summed E-state index contributed by atoms with van der Waals surface area (Å²) in [5, 5.41) is 0. The molecule has 0 atom stereocenters. The van der Waals surface area contributed by atoms with E-state index in [4.69, 9.17) is 0 Å². The summed E-state index contributed by atoms with van der Waals surface area (Å²) in [6.07, 6.45) is -12.5. The van der Waals surface area contributed by atoms with Gasteiger partial charge in [0.05, 0.1) is 13.7 Å². The first-order chi connectivity index (χ1) is 7.96. The van der Waals surface area contributed by atoms with Gasteiger partial charge in [-0.15, -0.1) is 0 Å². The van der Waals surface area contributed by atoms with Crippen LogP contribution in [0.25, 0.3) is 0 Å². The summed E-state index contributed by atoms with van der Waals surface area (Å²) >= 11 is 0. The van der Waals surface area contributed by atoms with Gasteiger partial charge >= 0.3 is 29.7 Å². The highest BCUT2D eigenvalue weighted by Crippen LogP contribution is 2.52. The molecule has 0 N–H and O–H groups in total. The average molecular weight is 282 g/mol. The summed E-state index contributed by atoms with van der Waals surface area (Å²) in [6, 6.07) is 0. The maximum atomic E-state index is 12.6. The number of hydrogen-bond acceptors (Lipinski definition) is 4. The quantitative estimate of drug-likeness (QED) is 0.450. The number of methoxy groups -OCH3 is 1. The van der Waals surface area contributed by atoms with E-state index in [1.165, 1.54) is 0 Å². The van der Waals surface area contributed by atoms with Crippen molar-refractivity contribution in [2.75, 3.05) is 13.7 Å². The fourth-order valence-corrected chi connectivity index (χ4v) is 1.10. The zero-order valence-corrected chi connectivity index (χ0v) is 9.11. The van der Waals surface area contributed by atoms with Crippen molar-refractivity contribution >= 4 is 11.9 Å². The van der Waals surface area contributed by atoms with Crippen LogP contribution in [0.1, 0.15) is 6.92 Å². The van der Waals surface area contributed by atoms with E-state index in [1.54, 1.807) is 0 Å². The van der Waals surface area contributed by atoms with Gasteiger partial charge < -0.3 is 9.47 Å². The Kier molecular flexibility index (Phi) is 4.61. The van der Waals surface area contributed by atoms with Gasteiger partial charge in [0.15, 0.2) is 0 Å². The summed E-state index contributed by atoms with van der Waals surface area (Å²) in [7, 11) is 0.299. The monoisotopic (exact) mass is 282 g/mol. The largest absolute Gasteiger partial charge is 0.468 e. The topological polar surface area (TPSA) is 52.6 Å². The molecule has 0 saturated carbocycles. The van der Waals surface area contributed by atoms with Gasteiger partial charge in [-0.3, -0.25) is 9.59 Å². The Morgan fingerprint density at radius 2 is 1.33 bits per heavy atom. The molecule has 106 valence electrons. The summed E-state index contributed by atoms with van der Waals surface area (Å²) in [5.41, 5.74) is -5.33. The minimum absolute atomic E-state index is 0.299. The third-order valence-corrected chi connectivity index (χ3v) is 1.92. The molecule has 0 rings (SSSR count). The first-order valence-electron chi connectivity index (χ1n) is 4.35. The van der Waals surface area contributed by atoms with Gasteiger partial charge in [-0.2, -0.15) is 26.3 Å². The van der Waals surface area contributed by atoms with Crippen LogP contribution in [0.3, 0.4) is 0 Å². The van der Waals surface area contributed by atoms with E-state index < -0.39 is 36.3 Å². The van der Waals surface area contributed by atoms with Crippen molar-refractivity contribution in [2.45, 2.75) is 19.3 Å². The van der Waals surface area contributed by atoms with Crippen molar-refractivity contribution in [2.24, 2.45) is 5.41 Å². The second kappa shape index (κ2) is 5.02. The number of ether oxygens (including phenoxy) is 2. The highest BCUT2D eigenvalue weighted by atomic mass is 19.4. The first-order valence-corrected chi connectivity index (χ1v) is 4.35. The Morgan fingerprint density at radius 1 is 0.944 bits per heavy atom. The minimum atomic E-state index is -6.23. The maximum Gasteiger partial charge on any atom is 0.424 e. The Hall–Kier alpha value is -1.48. The van der Waals surface area contributed by atoms with Gasteiger partial charge in [0.1, 0.15) is 0 Å². The predicted octanol–water partition coefficient (Wildman–Crippen LogP) is 1.83. The summed E-state index contributed by atoms with van der Waals surface area (Å²) in [4.78, 5) is 21.9. The molecule has 10 heteroatoms. The van der Waals surface area contributed by atoms with Gasteiger partial charge in [0.2, 0.25) is 0 Å². The molecule has 0 saturated heterocycles. The van der Waals surface area contributed by atoms with Crippen LogP contribution < -0.4 is 0 Å². The SMILES string of the molecule is CCOC(=O)C(C(=O)OC)(C(F)(F)F)C(F)(F)F. The molecule has 0 heterocycles. The average Bonchev–Trinajstić information content (AvgIpc) is 2.13. The highest BCUT2D eigenvalue weighted by Gasteiger charge is 2.82. The van der Waals surface area contributed by atoms with E-state index >= 15 is 0 Å². The zero-order chi connectivity index (χ0) is 14.8. The zero-order valence-electron chi connectivity index (χ0n) is 9.11. The van der Waals surface area contributed by atoms with Crippen molar-refractivity contribution < 1.29 is 45.4 Å². The molecule has 0 spiro atoms. The molecule has 0 amide bonds. The number of esters is 2. The molecule has 18 heavy (non-hydrogen) atoms. The van der Waals surface area contributed by atoms with Crippen LogP contribution in [0.4, 0.5) is 26.3 Å². The lowest BCUT2D eigenvalue weighted by molar-refractivity contribution is -0.324. The van der Waals surface area contributed by atoms with Gasteiger partial charge in [-0.1, -0.05) is 0 Å². The van der Waals surface area contributed by atoms with Crippen molar-refractivity contribution in [3.63, 3.8) is 0 Å². The maximum absolute atomic E-state index is 12.6. The van der Waals surface area contributed by atoms with E-state index in [1.807, 2.05) is 0 Å². The molecule has 0 bridgehead atoms. The Balaban J connectivity index is 6.07. The number of halogens is 6. The van der Waals surface area contributed by atoms with E-state index in [2.05, 4.69) is 9.47 Å². The summed E-state index contributed by atoms with van der Waals surface area (Å²) in [6.45, 7) is 0.233. The first kappa shape index (κ1) is 16.5. The van der Waals surface area contributed by atoms with Crippen molar-refractivity contribution in [3.8, 4) is 0 Å². The fraction of sp³-hybridized carbons (Fsp3) is 0.750. The summed E-state index contributed by atoms with van der Waals surface area (Å²) in [5.74, 6) is -5.56. The van der Waals surface area contributed by atoms with Crippen LogP contribution in [-0.2, 0) is 19.1 Å². The molecular formula is C8H8F6O4. The van der Waals surface area contributed by atoms with Gasteiger partial charge in [-0.05, 0) is 6.92 Å². The van der Waals surface area contributed by atoms with E-state index in [0.29, 0.717) is 7.11 Å². The molecular weight excluding hydrogens is 274 g/mol. The lowest BCUT2D eigenvalue weighted by Gasteiger charge is -2.31. The highest BCUT2D eigenvalue weighted by molar-refractivity contribution is 6.02. The third-order valence-electron chi connectivity index (χ3n) is 1.92. The molecule has 4 nitrogen and oxygen atoms in total. The van der Waals surface area contributed by atoms with Crippen LogP contribution in [0, 0.1) is 5.41 Å². The molecule has 0 aliphatic carbocycles. The van der Waals surface area contributed by atoms with Crippen molar-refractivity contribution in [1.29, 1.82) is 0 Å². The predicted molar refractivity (Wildman–Crippen MR) is 43.2 cm³/mol. The van der Waals surface area contributed by atoms with Crippen LogP contribution in [0.15, 0.2) is 0 Å². The lowest BCUT2D eigenvalue weighted by atomic mass is 9.86. The standard InChI is InChI=1S/C8H8F6O4/c1-3-18-5(16)6(4(15)17-2,7(9,10)11)8(12,13)14/h3H2,1-2H3. The molecule has 0 fully saturated rings. The van der Waals surface area contributed by atoms with Crippen LogP contribution >= 0.6 is 0 Å². The van der Waals surface area contributed by atoms with Gasteiger partial charge in [0, 0.05) is 0 Å². The van der Waals surface area contributed by atoms with E-state index in [-0.39, 0.29) is 0 Å². The van der Waals surface area contributed by atoms with Crippen LogP contribution in [-0.4, -0.2) is 38.0 Å². The number of carbonyl (C=O) groups is 2. The molecule has 0 unspecified atom stereocenters. The normalized spacial score (nSPS) is 13.1. The smallest absolute Gasteiger partial charge is 0.424 e. The van der Waals surface area contributed by atoms with Gasteiger partial charge in [0.25, 0.3) is 0 Å². The minimum Gasteiger partial charge on any atom is -0.468 e. The fourth-order valence-electron chi connectivity index (χ4n) is 1.10. The van der Waals surface area contributed by atoms with E-state index in [9.17, 15) is 35.9 Å². The second-order valence-corrected chi connectivity index (χ2v) is 2.96. The number of hydrogen-bond donors (Lipinski definition) is 0. The third kappa shape index (κ3) is 2.36. The Morgan fingerprint density at radius 3 is 1.56 bits per heavy atom. The Bertz CT molecular complexity index is 317. The summed E-state index contributed by atoms with van der Waals surface area (Å²) < 4.78 is 82.5. The molecule has 0 radical (unpaired) electrons. The molecule has 0 aromatic carbocycles. The number of alkyl halides is 6. The molecule has 0 aliphatic rings. The molecule has 0 aromatic heterocycles. The van der Waals surface area contributed by atoms with Crippen molar-refractivity contribution in [3.05, 3.63) is 0 Å². The number of rotatable bonds is 3. The van der Waals surface area contributed by atoms with E-state index in [0.717, 1.165) is 6.92 Å². The Labute approximate surface area is 96.8 Å². The van der Waals surface area contributed by atoms with Gasteiger partial charge in [-0.25, -0.2) is 0 Å². The second-order valence-electron chi connectivity index (χ2n) is 2.96.